The zero-order valence-corrected chi connectivity index (χ0v) is 43.0. The van der Waals surface area contributed by atoms with Crippen LogP contribution >= 0.6 is 0 Å². The van der Waals surface area contributed by atoms with E-state index in [4.69, 9.17) is 86.8 Å². The van der Waals surface area contributed by atoms with Crippen molar-refractivity contribution < 1.29 is 96.4 Å². The number of carboxylic acid groups (broad SMARTS) is 2. The maximum atomic E-state index is 10.3. The summed E-state index contributed by atoms with van der Waals surface area (Å²) in [6.07, 6.45) is 39.8. The van der Waals surface area contributed by atoms with Crippen molar-refractivity contribution >= 4 is 11.9 Å². The van der Waals surface area contributed by atoms with Crippen molar-refractivity contribution in [2.24, 2.45) is 0 Å². The van der Waals surface area contributed by atoms with E-state index >= 15 is 0 Å². The summed E-state index contributed by atoms with van der Waals surface area (Å²) in [5, 5.41) is 137. The summed E-state index contributed by atoms with van der Waals surface area (Å²) in [4.78, 5) is 20.6. The Bertz CT molecular complexity index is 928. The van der Waals surface area contributed by atoms with Crippen LogP contribution in [0.4, 0.5) is 0 Å². The second kappa shape index (κ2) is 77.8. The van der Waals surface area contributed by atoms with Gasteiger partial charge in [0.15, 0.2) is 0 Å². The highest BCUT2D eigenvalue weighted by molar-refractivity contribution is 5.66. The van der Waals surface area contributed by atoms with Crippen LogP contribution < -0.4 is 0 Å². The highest BCUT2D eigenvalue weighted by Crippen LogP contribution is 2.09. The minimum Gasteiger partial charge on any atom is -0.481 e. The van der Waals surface area contributed by atoms with Crippen molar-refractivity contribution in [2.75, 3.05) is 66.1 Å². The molecule has 19 nitrogen and oxygen atoms in total. The van der Waals surface area contributed by atoms with Gasteiger partial charge in [0.25, 0.3) is 0 Å². The molecule has 0 saturated heterocycles. The molecule has 0 rings (SSSR count). The molecule has 0 unspecified atom stereocenters. The fourth-order valence-electron chi connectivity index (χ4n) is 4.46. The molecule has 17 N–H and O–H groups in total. The maximum absolute atomic E-state index is 10.3. The molecule has 0 heterocycles. The summed E-state index contributed by atoms with van der Waals surface area (Å²) in [5.41, 5.74) is 0. The molecule has 0 saturated carbocycles. The van der Waals surface area contributed by atoms with Gasteiger partial charge in [0.05, 0.1) is 66.1 Å². The van der Waals surface area contributed by atoms with Gasteiger partial charge in [-0.05, 0) is 77.0 Å². The molecule has 422 valence electrons. The minimum absolute atomic E-state index is 0.324. The van der Waals surface area contributed by atoms with Crippen LogP contribution in [-0.4, -0.2) is 195 Å². The molecule has 0 fully saturated rings. The van der Waals surface area contributed by atoms with Crippen LogP contribution in [0.5, 0.6) is 0 Å². The molecule has 0 aliphatic rings. The molecule has 0 bridgehead atoms. The third-order valence-corrected chi connectivity index (χ3v) is 8.79. The fourth-order valence-corrected chi connectivity index (χ4v) is 4.46. The first-order valence-corrected chi connectivity index (χ1v) is 25.1. The van der Waals surface area contributed by atoms with Gasteiger partial charge in [0, 0.05) is 12.8 Å². The molecule has 0 spiro atoms. The van der Waals surface area contributed by atoms with E-state index in [9.17, 15) is 9.59 Å². The zero-order valence-electron chi connectivity index (χ0n) is 43.0. The van der Waals surface area contributed by atoms with Gasteiger partial charge >= 0.3 is 11.9 Å². The van der Waals surface area contributed by atoms with E-state index in [1.165, 1.54) is 89.9 Å². The molecular weight excluding hydrogens is 917 g/mol. The molecule has 0 aromatic carbocycles. The lowest BCUT2D eigenvalue weighted by Gasteiger charge is -1.98. The quantitative estimate of drug-likeness (QED) is 0.0311. The van der Waals surface area contributed by atoms with Crippen LogP contribution in [0.2, 0.25) is 0 Å². The fraction of sp³-hybridized carbons (Fsp3) is 0.804. The van der Waals surface area contributed by atoms with Crippen molar-refractivity contribution in [3.63, 3.8) is 0 Å². The lowest BCUT2D eigenvalue weighted by Crippen LogP contribution is -2.15. The zero-order chi connectivity index (χ0) is 54.7. The van der Waals surface area contributed by atoms with E-state index in [1.54, 1.807) is 0 Å². The number of hydrogen-bond donors (Lipinski definition) is 17. The Labute approximate surface area is 420 Å². The summed E-state index contributed by atoms with van der Waals surface area (Å²) in [6, 6.07) is 0. The predicted molar refractivity (Wildman–Crippen MR) is 275 cm³/mol. The number of unbranched alkanes of at least 4 members (excludes halogenated alkanes) is 16. The summed E-state index contributed by atoms with van der Waals surface area (Å²) in [7, 11) is 0. The lowest BCUT2D eigenvalue weighted by atomic mass is 10.1. The third kappa shape index (κ3) is 103. The Kier molecular flexibility index (Phi) is 90.4. The molecular formula is C51H104O19. The SMILES string of the molecule is CCCCC/C=C\C/C=C\CCCCCCCC(=O)O.CCCCC/C=C\C/C=C\CCCCCCCC(=O)O.OCC(O)CO.OCC(O)CO.OCC(O)CO.OCC(O)CO.OCC(O)CO. The molecule has 0 aliphatic carbocycles. The first kappa shape index (κ1) is 81.4. The number of carboxylic acids is 2. The summed E-state index contributed by atoms with van der Waals surface area (Å²) in [5.74, 6) is -1.34. The van der Waals surface area contributed by atoms with E-state index in [2.05, 4.69) is 62.5 Å². The minimum atomic E-state index is -0.954. The molecule has 0 aromatic heterocycles. The van der Waals surface area contributed by atoms with Gasteiger partial charge in [-0.1, -0.05) is 127 Å². The van der Waals surface area contributed by atoms with Gasteiger partial charge in [0.1, 0.15) is 30.5 Å². The Morgan fingerprint density at radius 3 is 0.657 bits per heavy atom. The smallest absolute Gasteiger partial charge is 0.303 e. The molecule has 0 atom stereocenters. The monoisotopic (exact) mass is 1020 g/mol. The second-order valence-corrected chi connectivity index (χ2v) is 15.8. The average Bonchev–Trinajstić information content (AvgIpc) is 3.38. The maximum Gasteiger partial charge on any atom is 0.303 e. The van der Waals surface area contributed by atoms with Gasteiger partial charge in [-0.3, -0.25) is 9.59 Å². The van der Waals surface area contributed by atoms with Gasteiger partial charge in [0.2, 0.25) is 0 Å². The highest BCUT2D eigenvalue weighted by Gasteiger charge is 1.98. The molecule has 0 radical (unpaired) electrons. The molecule has 0 aliphatic heterocycles. The van der Waals surface area contributed by atoms with Crippen LogP contribution in [0.25, 0.3) is 0 Å². The van der Waals surface area contributed by atoms with Crippen molar-refractivity contribution in [3.05, 3.63) is 48.6 Å². The number of aliphatic carboxylic acids is 2. The Hall–Kier alpha value is -2.70. The lowest BCUT2D eigenvalue weighted by molar-refractivity contribution is -0.138. The van der Waals surface area contributed by atoms with Crippen LogP contribution in [0.1, 0.15) is 168 Å². The number of aliphatic hydroxyl groups excluding tert-OH is 15. The van der Waals surface area contributed by atoms with Crippen LogP contribution in [0.3, 0.4) is 0 Å². The van der Waals surface area contributed by atoms with Crippen molar-refractivity contribution in [1.29, 1.82) is 0 Å². The van der Waals surface area contributed by atoms with Gasteiger partial charge < -0.3 is 86.8 Å². The molecule has 0 amide bonds. The summed E-state index contributed by atoms with van der Waals surface area (Å²) in [6.45, 7) is 0.824. The summed E-state index contributed by atoms with van der Waals surface area (Å²) < 4.78 is 0. The van der Waals surface area contributed by atoms with Crippen LogP contribution in [0, 0.1) is 0 Å². The van der Waals surface area contributed by atoms with E-state index in [1.807, 2.05) is 0 Å². The number of allylic oxidation sites excluding steroid dienone is 8. The number of carbonyl (C=O) groups is 2. The molecule has 0 aromatic rings. The van der Waals surface area contributed by atoms with Crippen LogP contribution in [-0.2, 0) is 9.59 Å². The first-order chi connectivity index (χ1) is 33.6. The van der Waals surface area contributed by atoms with Gasteiger partial charge in [-0.2, -0.15) is 0 Å². The largest absolute Gasteiger partial charge is 0.481 e. The van der Waals surface area contributed by atoms with Gasteiger partial charge in [-0.25, -0.2) is 0 Å². The topological polar surface area (TPSA) is 378 Å². The third-order valence-electron chi connectivity index (χ3n) is 8.79. The standard InChI is InChI=1S/2C18H32O2.5C3H8O3/c2*1-2-3-4-5-6-7-8-9-10-11-12-13-14-15-16-17-18(19)20;5*4-1-3(6)2-5/h2*6-7,9-10H,2-5,8,11-17H2,1H3,(H,19,20);5*3-6H,1-2H2/b2*7-6-,10-9-;;;;;. The Morgan fingerprint density at radius 2 is 0.486 bits per heavy atom. The highest BCUT2D eigenvalue weighted by atomic mass is 16.4. The molecule has 70 heavy (non-hydrogen) atoms. The van der Waals surface area contributed by atoms with E-state index in [0.29, 0.717) is 12.8 Å². The average molecular weight is 1020 g/mol. The number of aliphatic hydroxyl groups is 15. The van der Waals surface area contributed by atoms with Crippen molar-refractivity contribution in [3.8, 4) is 0 Å². The van der Waals surface area contributed by atoms with E-state index in [-0.39, 0.29) is 66.1 Å². The Morgan fingerprint density at radius 1 is 0.300 bits per heavy atom. The van der Waals surface area contributed by atoms with Crippen molar-refractivity contribution in [1.82, 2.24) is 0 Å². The number of hydrogen-bond acceptors (Lipinski definition) is 17. The van der Waals surface area contributed by atoms with E-state index in [0.717, 1.165) is 51.4 Å². The predicted octanol–water partition coefficient (Wildman–Crippen LogP) is 3.43. The Balaban J connectivity index is -0.000000145. The molecule has 19 heteroatoms. The second-order valence-electron chi connectivity index (χ2n) is 15.8. The summed E-state index contributed by atoms with van der Waals surface area (Å²) >= 11 is 0. The van der Waals surface area contributed by atoms with E-state index < -0.39 is 42.5 Å². The van der Waals surface area contributed by atoms with Gasteiger partial charge in [-0.15, -0.1) is 0 Å². The number of rotatable bonds is 38. The normalized spacial score (nSPS) is 10.9. The van der Waals surface area contributed by atoms with Crippen molar-refractivity contribution in [2.45, 2.75) is 198 Å². The van der Waals surface area contributed by atoms with Crippen LogP contribution in [0.15, 0.2) is 48.6 Å². The first-order valence-electron chi connectivity index (χ1n) is 25.1.